The monoisotopic (exact) mass is 541 g/mol. The van der Waals surface area contributed by atoms with E-state index < -0.39 is 30.1 Å². The Morgan fingerprint density at radius 1 is 1.24 bits per heavy atom. The summed E-state index contributed by atoms with van der Waals surface area (Å²) in [4.78, 5) is 20.3. The number of nitrogens with zero attached hydrogens (tertiary/aromatic N) is 3. The molecule has 2 aliphatic rings. The molecular formula is C25H31F4N5O4. The molecule has 0 saturated carbocycles. The van der Waals surface area contributed by atoms with E-state index in [0.717, 1.165) is 4.90 Å². The van der Waals surface area contributed by atoms with Crippen molar-refractivity contribution in [3.63, 3.8) is 0 Å². The molecule has 1 aromatic heterocycles. The summed E-state index contributed by atoms with van der Waals surface area (Å²) in [6.45, 7) is 3.13. The number of rotatable bonds is 6. The highest BCUT2D eigenvalue weighted by atomic mass is 19.4. The molecular weight excluding hydrogens is 510 g/mol. The molecule has 4 rings (SSSR count). The molecule has 4 N–H and O–H groups in total. The Balaban J connectivity index is 1.63. The molecule has 9 nitrogen and oxygen atoms in total. The van der Waals surface area contributed by atoms with Gasteiger partial charge in [0.2, 0.25) is 5.88 Å². The van der Waals surface area contributed by atoms with Gasteiger partial charge in [-0.1, -0.05) is 0 Å². The number of hydrogen-bond acceptors (Lipinski definition) is 7. The lowest BCUT2D eigenvalue weighted by Crippen LogP contribution is -2.64. The number of aryl methyl sites for hydroxylation is 1. The molecule has 2 amide bonds. The molecule has 0 aliphatic carbocycles. The number of carbonyl (C=O) groups excluding carboxylic acids is 1. The molecule has 38 heavy (non-hydrogen) atoms. The van der Waals surface area contributed by atoms with E-state index in [1.54, 1.807) is 19.1 Å². The van der Waals surface area contributed by atoms with E-state index in [4.69, 9.17) is 15.2 Å². The minimum Gasteiger partial charge on any atom is -0.475 e. The van der Waals surface area contributed by atoms with Gasteiger partial charge in [-0.15, -0.1) is 0 Å². The van der Waals surface area contributed by atoms with E-state index in [-0.39, 0.29) is 44.2 Å². The summed E-state index contributed by atoms with van der Waals surface area (Å²) in [7, 11) is 0. The van der Waals surface area contributed by atoms with Crippen LogP contribution in [-0.2, 0) is 4.74 Å². The number of morpholine rings is 1. The van der Waals surface area contributed by atoms with Gasteiger partial charge in [0.05, 0.1) is 25.5 Å². The predicted molar refractivity (Wildman–Crippen MR) is 133 cm³/mol. The predicted octanol–water partition coefficient (Wildman–Crippen LogP) is 3.29. The standard InChI is InChI=1S/C25H31F4N5O4/c1-16-11-19(26)20(31-23(36)34-4-2-3-24(30,15-34)25(27,28)29)14-18(16)17-12-21(33-5-8-37-9-6-33)32-22(13-17)38-10-7-35/h11-14,35H,2-10,15,30H2,1H3,(H,31,36). The number of carbonyl (C=O) groups is 1. The van der Waals surface area contributed by atoms with E-state index >= 15 is 0 Å². The third-order valence-electron chi connectivity index (χ3n) is 6.71. The molecule has 0 spiro atoms. The van der Waals surface area contributed by atoms with Crippen LogP contribution in [0.1, 0.15) is 18.4 Å². The van der Waals surface area contributed by atoms with Crippen LogP contribution in [0.5, 0.6) is 5.88 Å². The zero-order valence-corrected chi connectivity index (χ0v) is 21.0. The van der Waals surface area contributed by atoms with E-state index in [1.165, 1.54) is 12.1 Å². The molecule has 0 bridgehead atoms. The molecule has 2 saturated heterocycles. The van der Waals surface area contributed by atoms with Crippen molar-refractivity contribution in [3.8, 4) is 17.0 Å². The van der Waals surface area contributed by atoms with Gasteiger partial charge in [0.25, 0.3) is 0 Å². The number of nitrogens with two attached hydrogens (primary N) is 1. The van der Waals surface area contributed by atoms with Crippen LogP contribution < -0.4 is 20.7 Å². The summed E-state index contributed by atoms with van der Waals surface area (Å²) in [6, 6.07) is 5.25. The highest BCUT2D eigenvalue weighted by Gasteiger charge is 2.54. The third-order valence-corrected chi connectivity index (χ3v) is 6.71. The lowest BCUT2D eigenvalue weighted by atomic mass is 9.89. The zero-order valence-electron chi connectivity index (χ0n) is 21.0. The first-order chi connectivity index (χ1) is 18.0. The number of aliphatic hydroxyl groups is 1. The maximum atomic E-state index is 14.9. The highest BCUT2D eigenvalue weighted by molar-refractivity contribution is 5.91. The molecule has 1 unspecified atom stereocenters. The fraction of sp³-hybridized carbons (Fsp3) is 0.520. The molecule has 2 aliphatic heterocycles. The van der Waals surface area contributed by atoms with Crippen LogP contribution in [0, 0.1) is 12.7 Å². The molecule has 2 fully saturated rings. The van der Waals surface area contributed by atoms with Gasteiger partial charge in [0.15, 0.2) is 0 Å². The molecule has 1 aromatic carbocycles. The quantitative estimate of drug-likeness (QED) is 0.481. The average Bonchev–Trinajstić information content (AvgIpc) is 2.88. The van der Waals surface area contributed by atoms with Crippen molar-refractivity contribution in [1.82, 2.24) is 9.88 Å². The first kappa shape index (κ1) is 27.9. The Labute approximate surface area is 217 Å². The fourth-order valence-electron chi connectivity index (χ4n) is 4.59. The zero-order chi connectivity index (χ0) is 27.5. The molecule has 13 heteroatoms. The maximum Gasteiger partial charge on any atom is 0.408 e. The van der Waals surface area contributed by atoms with Crippen LogP contribution >= 0.6 is 0 Å². The molecule has 1 atom stereocenters. The maximum absolute atomic E-state index is 14.9. The largest absolute Gasteiger partial charge is 0.475 e. The first-order valence-electron chi connectivity index (χ1n) is 12.3. The summed E-state index contributed by atoms with van der Waals surface area (Å²) >= 11 is 0. The van der Waals surface area contributed by atoms with Crippen molar-refractivity contribution >= 4 is 17.5 Å². The van der Waals surface area contributed by atoms with Gasteiger partial charge >= 0.3 is 12.2 Å². The van der Waals surface area contributed by atoms with Gasteiger partial charge < -0.3 is 35.4 Å². The second-order valence-corrected chi connectivity index (χ2v) is 9.48. The summed E-state index contributed by atoms with van der Waals surface area (Å²) in [5, 5.41) is 11.6. The summed E-state index contributed by atoms with van der Waals surface area (Å²) in [6.07, 6.45) is -4.90. The van der Waals surface area contributed by atoms with Crippen molar-refractivity contribution in [2.24, 2.45) is 5.73 Å². The SMILES string of the molecule is Cc1cc(F)c(NC(=O)N2CCCC(N)(C(F)(F)F)C2)cc1-c1cc(OCCO)nc(N2CCOCC2)c1. The van der Waals surface area contributed by atoms with Gasteiger partial charge in [-0.25, -0.2) is 9.18 Å². The number of benzene rings is 1. The number of aromatic nitrogens is 1. The number of likely N-dealkylation sites (tertiary alicyclic amines) is 1. The van der Waals surface area contributed by atoms with Crippen LogP contribution in [0.15, 0.2) is 24.3 Å². The second-order valence-electron chi connectivity index (χ2n) is 9.48. The Kier molecular flexibility index (Phi) is 8.28. The van der Waals surface area contributed by atoms with E-state index in [9.17, 15) is 27.5 Å². The van der Waals surface area contributed by atoms with E-state index in [0.29, 0.717) is 48.8 Å². The molecule has 3 heterocycles. The topological polar surface area (TPSA) is 113 Å². The lowest BCUT2D eigenvalue weighted by molar-refractivity contribution is -0.195. The van der Waals surface area contributed by atoms with Gasteiger partial charge in [0.1, 0.15) is 23.8 Å². The van der Waals surface area contributed by atoms with Crippen molar-refractivity contribution in [3.05, 3.63) is 35.6 Å². The van der Waals surface area contributed by atoms with Crippen molar-refractivity contribution < 1.29 is 36.9 Å². The minimum atomic E-state index is -4.68. The van der Waals surface area contributed by atoms with E-state index in [2.05, 4.69) is 10.3 Å². The summed E-state index contributed by atoms with van der Waals surface area (Å²) < 4.78 is 66.2. The Hall–Kier alpha value is -3.16. The van der Waals surface area contributed by atoms with Crippen LogP contribution in [-0.4, -0.2) is 85.3 Å². The number of anilines is 2. The normalized spacial score (nSPS) is 20.4. The number of pyridine rings is 1. The van der Waals surface area contributed by atoms with Crippen molar-refractivity contribution in [2.45, 2.75) is 31.5 Å². The van der Waals surface area contributed by atoms with Gasteiger partial charge in [-0.05, 0) is 54.7 Å². The third kappa shape index (κ3) is 6.11. The molecule has 0 radical (unpaired) electrons. The Morgan fingerprint density at radius 2 is 1.97 bits per heavy atom. The number of hydrogen-bond donors (Lipinski definition) is 3. The number of halogens is 4. The Morgan fingerprint density at radius 3 is 2.66 bits per heavy atom. The molecule has 2 aromatic rings. The number of aliphatic hydroxyl groups excluding tert-OH is 1. The summed E-state index contributed by atoms with van der Waals surface area (Å²) in [5.74, 6) is 0.130. The minimum absolute atomic E-state index is 0.0269. The van der Waals surface area contributed by atoms with Crippen LogP contribution in [0.2, 0.25) is 0 Å². The van der Waals surface area contributed by atoms with Gasteiger partial charge in [-0.3, -0.25) is 0 Å². The first-order valence-corrected chi connectivity index (χ1v) is 12.3. The number of alkyl halides is 3. The average molecular weight is 542 g/mol. The fourth-order valence-corrected chi connectivity index (χ4v) is 4.59. The van der Waals surface area contributed by atoms with Gasteiger partial charge in [-0.2, -0.15) is 18.2 Å². The Bertz CT molecular complexity index is 1160. The highest BCUT2D eigenvalue weighted by Crippen LogP contribution is 2.36. The van der Waals surface area contributed by atoms with Crippen LogP contribution in [0.3, 0.4) is 0 Å². The van der Waals surface area contributed by atoms with Crippen molar-refractivity contribution in [2.75, 3.05) is 62.8 Å². The number of piperidine rings is 1. The number of ether oxygens (including phenoxy) is 2. The van der Waals surface area contributed by atoms with Crippen LogP contribution in [0.25, 0.3) is 11.1 Å². The smallest absolute Gasteiger partial charge is 0.408 e. The van der Waals surface area contributed by atoms with E-state index in [1.807, 2.05) is 4.90 Å². The number of urea groups is 1. The van der Waals surface area contributed by atoms with Gasteiger partial charge in [0, 0.05) is 32.2 Å². The molecule has 208 valence electrons. The van der Waals surface area contributed by atoms with Crippen LogP contribution in [0.4, 0.5) is 33.9 Å². The van der Waals surface area contributed by atoms with Crippen molar-refractivity contribution in [1.29, 1.82) is 0 Å². The summed E-state index contributed by atoms with van der Waals surface area (Å²) in [5.41, 5.74) is 4.61. The lowest BCUT2D eigenvalue weighted by Gasteiger charge is -2.41. The number of amides is 2. The number of nitrogens with one attached hydrogen (secondary N) is 1. The second kappa shape index (κ2) is 11.3.